The van der Waals surface area contributed by atoms with E-state index in [2.05, 4.69) is 4.98 Å². The van der Waals surface area contributed by atoms with E-state index in [4.69, 9.17) is 9.47 Å². The summed E-state index contributed by atoms with van der Waals surface area (Å²) in [6.45, 7) is 1.78. The lowest BCUT2D eigenvalue weighted by Crippen LogP contribution is -2.29. The fourth-order valence-corrected chi connectivity index (χ4v) is 2.65. The first-order valence-electron chi connectivity index (χ1n) is 8.32. The average Bonchev–Trinajstić information content (AvgIpc) is 3.13. The van der Waals surface area contributed by atoms with E-state index < -0.39 is 0 Å². The second-order valence-electron chi connectivity index (χ2n) is 6.09. The second kappa shape index (κ2) is 8.07. The quantitative estimate of drug-likeness (QED) is 0.808. The van der Waals surface area contributed by atoms with Gasteiger partial charge in [0.1, 0.15) is 11.9 Å². The Hall–Kier alpha value is -2.47. The van der Waals surface area contributed by atoms with Crippen molar-refractivity contribution in [1.29, 1.82) is 0 Å². The van der Waals surface area contributed by atoms with Crippen LogP contribution in [0, 0.1) is 5.82 Å². The minimum absolute atomic E-state index is 0.00550. The monoisotopic (exact) mass is 344 g/mol. The molecule has 1 aliphatic rings. The summed E-state index contributed by atoms with van der Waals surface area (Å²) >= 11 is 0. The molecule has 1 amide bonds. The number of hydrogen-bond donors (Lipinski definition) is 0. The van der Waals surface area contributed by atoms with Crippen LogP contribution in [0.5, 0.6) is 5.88 Å². The highest BCUT2D eigenvalue weighted by molar-refractivity contribution is 5.94. The van der Waals surface area contributed by atoms with Gasteiger partial charge in [-0.25, -0.2) is 9.37 Å². The maximum atomic E-state index is 12.9. The summed E-state index contributed by atoms with van der Waals surface area (Å²) in [5.41, 5.74) is 1.52. The van der Waals surface area contributed by atoms with Crippen molar-refractivity contribution in [2.24, 2.45) is 0 Å². The van der Waals surface area contributed by atoms with Crippen molar-refractivity contribution in [3.63, 3.8) is 0 Å². The minimum Gasteiger partial charge on any atom is -0.472 e. The van der Waals surface area contributed by atoms with Crippen LogP contribution >= 0.6 is 0 Å². The van der Waals surface area contributed by atoms with Crippen LogP contribution in [0.2, 0.25) is 0 Å². The molecule has 6 heteroatoms. The summed E-state index contributed by atoms with van der Waals surface area (Å²) in [4.78, 5) is 18.4. The number of pyridine rings is 1. The molecule has 0 aliphatic carbocycles. The van der Waals surface area contributed by atoms with Gasteiger partial charge in [-0.15, -0.1) is 0 Å². The van der Waals surface area contributed by atoms with Gasteiger partial charge in [0.25, 0.3) is 5.91 Å². The number of amides is 1. The Labute approximate surface area is 146 Å². The molecule has 1 aliphatic heterocycles. The third kappa shape index (κ3) is 4.76. The van der Waals surface area contributed by atoms with Gasteiger partial charge in [-0.3, -0.25) is 4.79 Å². The second-order valence-corrected chi connectivity index (χ2v) is 6.09. The van der Waals surface area contributed by atoms with Crippen molar-refractivity contribution >= 4 is 5.91 Å². The lowest BCUT2D eigenvalue weighted by atomic mass is 10.1. The summed E-state index contributed by atoms with van der Waals surface area (Å²) in [5.74, 6) is 0.0791. The molecule has 3 rings (SSSR count). The first kappa shape index (κ1) is 17.4. The van der Waals surface area contributed by atoms with Crippen LogP contribution in [0.4, 0.5) is 4.39 Å². The van der Waals surface area contributed by atoms with Crippen molar-refractivity contribution in [3.8, 4) is 5.88 Å². The molecule has 132 valence electrons. The zero-order valence-corrected chi connectivity index (χ0v) is 14.2. The van der Waals surface area contributed by atoms with E-state index in [1.165, 1.54) is 12.1 Å². The number of hydrogen-bond acceptors (Lipinski definition) is 4. The number of likely N-dealkylation sites (N-methyl/N-ethyl adjacent to an activating group) is 1. The molecule has 0 radical (unpaired) electrons. The normalized spacial score (nSPS) is 16.6. The number of carbonyl (C=O) groups is 1. The van der Waals surface area contributed by atoms with Gasteiger partial charge in [0.05, 0.1) is 13.2 Å². The first-order chi connectivity index (χ1) is 12.1. The Morgan fingerprint density at radius 3 is 2.88 bits per heavy atom. The highest BCUT2D eigenvalue weighted by Crippen LogP contribution is 2.16. The molecule has 1 aromatic carbocycles. The van der Waals surface area contributed by atoms with E-state index in [9.17, 15) is 9.18 Å². The number of carbonyl (C=O) groups excluding carboxylic acids is 1. The molecule has 2 aromatic rings. The Morgan fingerprint density at radius 1 is 1.36 bits per heavy atom. The highest BCUT2D eigenvalue weighted by Gasteiger charge is 2.19. The molecule has 1 atom stereocenters. The molecule has 1 fully saturated rings. The van der Waals surface area contributed by atoms with Crippen molar-refractivity contribution in [2.75, 3.05) is 26.8 Å². The lowest BCUT2D eigenvalue weighted by molar-refractivity contribution is 0.0795. The van der Waals surface area contributed by atoms with Gasteiger partial charge in [0.15, 0.2) is 0 Å². The third-order valence-corrected chi connectivity index (χ3v) is 4.15. The van der Waals surface area contributed by atoms with Crippen LogP contribution in [0.3, 0.4) is 0 Å². The lowest BCUT2D eigenvalue weighted by Gasteiger charge is -2.18. The van der Waals surface area contributed by atoms with Crippen LogP contribution in [0.1, 0.15) is 22.3 Å². The van der Waals surface area contributed by atoms with Crippen molar-refractivity contribution in [1.82, 2.24) is 9.88 Å². The average molecular weight is 344 g/mol. The Bertz CT molecular complexity index is 715. The van der Waals surface area contributed by atoms with E-state index in [0.29, 0.717) is 37.6 Å². The number of halogens is 1. The first-order valence-corrected chi connectivity index (χ1v) is 8.32. The van der Waals surface area contributed by atoms with E-state index in [1.54, 1.807) is 42.4 Å². The number of ether oxygens (including phenoxy) is 2. The van der Waals surface area contributed by atoms with Crippen LogP contribution in [0.15, 0.2) is 42.6 Å². The molecule has 25 heavy (non-hydrogen) atoms. The number of nitrogens with zero attached hydrogens (tertiary/aromatic N) is 2. The summed E-state index contributed by atoms with van der Waals surface area (Å²) in [7, 11) is 1.75. The standard InChI is InChI=1S/C19H21FN2O3/c1-22(10-7-14-2-4-16(20)5-3-14)19(23)15-6-9-21-18(12-15)25-17-8-11-24-13-17/h2-6,9,12,17H,7-8,10-11,13H2,1H3/t17-/m0/s1. The smallest absolute Gasteiger partial charge is 0.253 e. The number of aromatic nitrogens is 1. The van der Waals surface area contributed by atoms with Gasteiger partial charge < -0.3 is 14.4 Å². The molecule has 2 heterocycles. The van der Waals surface area contributed by atoms with Crippen molar-refractivity contribution in [2.45, 2.75) is 18.9 Å². The highest BCUT2D eigenvalue weighted by atomic mass is 19.1. The largest absolute Gasteiger partial charge is 0.472 e. The number of benzene rings is 1. The maximum Gasteiger partial charge on any atom is 0.253 e. The number of rotatable bonds is 6. The molecular formula is C19H21FN2O3. The van der Waals surface area contributed by atoms with Gasteiger partial charge in [-0.1, -0.05) is 12.1 Å². The minimum atomic E-state index is -0.259. The zero-order chi connectivity index (χ0) is 17.6. The molecule has 0 unspecified atom stereocenters. The van der Waals surface area contributed by atoms with Gasteiger partial charge in [0.2, 0.25) is 5.88 Å². The molecule has 1 saturated heterocycles. The Balaban J connectivity index is 1.58. The van der Waals surface area contributed by atoms with Gasteiger partial charge in [-0.05, 0) is 30.2 Å². The van der Waals surface area contributed by atoms with Gasteiger partial charge >= 0.3 is 0 Å². The van der Waals surface area contributed by atoms with Crippen molar-refractivity contribution < 1.29 is 18.7 Å². The molecular weight excluding hydrogens is 323 g/mol. The Kier molecular flexibility index (Phi) is 5.60. The predicted molar refractivity (Wildman–Crippen MR) is 91.2 cm³/mol. The summed E-state index contributed by atoms with van der Waals surface area (Å²) < 4.78 is 23.9. The fraction of sp³-hybridized carbons (Fsp3) is 0.368. The maximum absolute atomic E-state index is 12.9. The summed E-state index contributed by atoms with van der Waals surface area (Å²) in [6.07, 6.45) is 3.06. The van der Waals surface area contributed by atoms with Crippen molar-refractivity contribution in [3.05, 3.63) is 59.5 Å². The van der Waals surface area contributed by atoms with Crippen LogP contribution < -0.4 is 4.74 Å². The van der Waals surface area contributed by atoms with E-state index >= 15 is 0 Å². The van der Waals surface area contributed by atoms with Crippen LogP contribution in [0.25, 0.3) is 0 Å². The van der Waals surface area contributed by atoms with Crippen LogP contribution in [-0.4, -0.2) is 48.7 Å². The molecule has 0 bridgehead atoms. The molecule has 0 N–H and O–H groups in total. The Morgan fingerprint density at radius 2 is 2.16 bits per heavy atom. The molecule has 0 spiro atoms. The van der Waals surface area contributed by atoms with Gasteiger partial charge in [0, 0.05) is 37.8 Å². The molecule has 5 nitrogen and oxygen atoms in total. The summed E-state index contributed by atoms with van der Waals surface area (Å²) in [6, 6.07) is 9.65. The van der Waals surface area contributed by atoms with Gasteiger partial charge in [-0.2, -0.15) is 0 Å². The zero-order valence-electron chi connectivity index (χ0n) is 14.2. The summed E-state index contributed by atoms with van der Waals surface area (Å²) in [5, 5.41) is 0. The topological polar surface area (TPSA) is 51.7 Å². The van der Waals surface area contributed by atoms with Crippen LogP contribution in [-0.2, 0) is 11.2 Å². The van der Waals surface area contributed by atoms with E-state index in [1.807, 2.05) is 0 Å². The fourth-order valence-electron chi connectivity index (χ4n) is 2.65. The molecule has 1 aromatic heterocycles. The third-order valence-electron chi connectivity index (χ3n) is 4.15. The molecule has 0 saturated carbocycles. The van der Waals surface area contributed by atoms with E-state index in [0.717, 1.165) is 12.0 Å². The van der Waals surface area contributed by atoms with E-state index in [-0.39, 0.29) is 17.8 Å². The predicted octanol–water partition coefficient (Wildman–Crippen LogP) is 2.70. The SMILES string of the molecule is CN(CCc1ccc(F)cc1)C(=O)c1ccnc(O[C@H]2CCOC2)c1.